The number of nitrogens with zero attached hydrogens (tertiary/aromatic N) is 2. The van der Waals surface area contributed by atoms with E-state index in [1.165, 1.54) is 10.9 Å². The van der Waals surface area contributed by atoms with Crippen LogP contribution in [0.5, 0.6) is 11.5 Å². The van der Waals surface area contributed by atoms with Gasteiger partial charge in [0.05, 0.1) is 14.5 Å². The van der Waals surface area contributed by atoms with Crippen molar-refractivity contribution < 1.29 is 13.2 Å². The van der Waals surface area contributed by atoms with Gasteiger partial charge in [0, 0.05) is 17.3 Å². The van der Waals surface area contributed by atoms with Crippen molar-refractivity contribution in [2.75, 3.05) is 6.26 Å². The van der Waals surface area contributed by atoms with E-state index in [-0.39, 0.29) is 5.88 Å². The molecule has 3 rings (SSSR count). The second-order valence-corrected chi connectivity index (χ2v) is 9.29. The minimum Gasteiger partial charge on any atom is -0.455 e. The fraction of sp³-hybridized carbons (Fsp3) is 0.188. The summed E-state index contributed by atoms with van der Waals surface area (Å²) >= 11 is 6.94. The largest absolute Gasteiger partial charge is 0.455 e. The van der Waals surface area contributed by atoms with Crippen LogP contribution in [0.15, 0.2) is 45.3 Å². The van der Waals surface area contributed by atoms with E-state index in [1.807, 2.05) is 43.3 Å². The summed E-state index contributed by atoms with van der Waals surface area (Å²) in [5.41, 5.74) is 1.52. The van der Waals surface area contributed by atoms with E-state index in [2.05, 4.69) is 37.0 Å². The quantitative estimate of drug-likeness (QED) is 0.552. The van der Waals surface area contributed by atoms with Gasteiger partial charge >= 0.3 is 0 Å². The van der Waals surface area contributed by atoms with Crippen molar-refractivity contribution in [1.29, 1.82) is 0 Å². The van der Waals surface area contributed by atoms with Crippen LogP contribution in [-0.4, -0.2) is 24.5 Å². The number of halogens is 2. The second kappa shape index (κ2) is 6.50. The van der Waals surface area contributed by atoms with E-state index in [1.54, 1.807) is 0 Å². The summed E-state index contributed by atoms with van der Waals surface area (Å²) in [7, 11) is -3.16. The van der Waals surface area contributed by atoms with Crippen LogP contribution >= 0.6 is 31.9 Å². The van der Waals surface area contributed by atoms with Gasteiger partial charge in [-0.05, 0) is 69.1 Å². The zero-order chi connectivity index (χ0) is 17.5. The van der Waals surface area contributed by atoms with Crippen LogP contribution in [0.3, 0.4) is 0 Å². The lowest BCUT2D eigenvalue weighted by Gasteiger charge is -2.09. The first kappa shape index (κ1) is 17.4. The molecule has 1 heterocycles. The molecule has 0 unspecified atom stereocenters. The smallest absolute Gasteiger partial charge is 0.167 e. The summed E-state index contributed by atoms with van der Waals surface area (Å²) in [5.74, 6) is 1.19. The highest BCUT2D eigenvalue weighted by Gasteiger charge is 2.14. The van der Waals surface area contributed by atoms with E-state index in [4.69, 9.17) is 4.74 Å². The number of aryl methyl sites for hydroxylation is 1. The summed E-state index contributed by atoms with van der Waals surface area (Å²) in [4.78, 5) is 0. The van der Waals surface area contributed by atoms with Gasteiger partial charge in [-0.3, -0.25) is 4.68 Å². The number of aromatic nitrogens is 2. The Morgan fingerprint density at radius 1 is 1.17 bits per heavy atom. The molecule has 0 radical (unpaired) electrons. The molecule has 8 heteroatoms. The Labute approximate surface area is 156 Å². The van der Waals surface area contributed by atoms with Crippen molar-refractivity contribution in [2.24, 2.45) is 0 Å². The molecule has 0 fully saturated rings. The molecule has 1 aromatic heterocycles. The molecule has 3 aromatic rings. The van der Waals surface area contributed by atoms with E-state index in [0.717, 1.165) is 25.5 Å². The van der Waals surface area contributed by atoms with Gasteiger partial charge in [-0.2, -0.15) is 5.10 Å². The molecule has 5 nitrogen and oxygen atoms in total. The van der Waals surface area contributed by atoms with Crippen LogP contribution in [0.4, 0.5) is 0 Å². The maximum absolute atomic E-state index is 11.5. The standard InChI is InChI=1S/C16H14Br2N2O3S/c1-10-12-8-11(23-16-13(17)4-3-5-14(16)18)6-7-15(12)19-20(10)9-24(2,21)22/h3-8H,9H2,1-2H3. The highest BCUT2D eigenvalue weighted by atomic mass is 79.9. The Kier molecular flexibility index (Phi) is 4.72. The van der Waals surface area contributed by atoms with Crippen molar-refractivity contribution in [3.63, 3.8) is 0 Å². The number of sulfone groups is 1. The van der Waals surface area contributed by atoms with E-state index in [9.17, 15) is 8.42 Å². The topological polar surface area (TPSA) is 61.2 Å². The summed E-state index contributed by atoms with van der Waals surface area (Å²) in [6, 6.07) is 11.2. The molecule has 0 saturated heterocycles. The van der Waals surface area contributed by atoms with Crippen molar-refractivity contribution in [2.45, 2.75) is 12.8 Å². The Balaban J connectivity index is 2.01. The van der Waals surface area contributed by atoms with E-state index < -0.39 is 9.84 Å². The van der Waals surface area contributed by atoms with Gasteiger partial charge in [-0.15, -0.1) is 0 Å². The van der Waals surface area contributed by atoms with Gasteiger partial charge in [0.1, 0.15) is 11.6 Å². The maximum atomic E-state index is 11.5. The first-order valence-electron chi connectivity index (χ1n) is 7.01. The third-order valence-corrected chi connectivity index (χ3v) is 5.43. The summed E-state index contributed by atoms with van der Waals surface area (Å²) in [5, 5.41) is 5.20. The first-order chi connectivity index (χ1) is 11.2. The Hall–Kier alpha value is -1.38. The van der Waals surface area contributed by atoms with E-state index in [0.29, 0.717) is 11.5 Å². The van der Waals surface area contributed by atoms with Gasteiger partial charge in [-0.25, -0.2) is 8.42 Å². The van der Waals surface area contributed by atoms with Crippen LogP contribution in [0, 0.1) is 6.92 Å². The Morgan fingerprint density at radius 3 is 2.46 bits per heavy atom. The number of rotatable bonds is 4. The predicted octanol–water partition coefficient (Wildman–Crippen LogP) is 4.66. The first-order valence-corrected chi connectivity index (χ1v) is 10.7. The number of para-hydroxylation sites is 1. The molecule has 2 aromatic carbocycles. The van der Waals surface area contributed by atoms with Crippen LogP contribution in [0.1, 0.15) is 5.69 Å². The van der Waals surface area contributed by atoms with Gasteiger partial charge in [0.15, 0.2) is 15.6 Å². The molecule has 0 aliphatic heterocycles. The van der Waals surface area contributed by atoms with Crippen LogP contribution in [-0.2, 0) is 15.7 Å². The molecule has 126 valence electrons. The lowest BCUT2D eigenvalue weighted by Crippen LogP contribution is -2.11. The molecule has 0 aliphatic carbocycles. The number of benzene rings is 2. The predicted molar refractivity (Wildman–Crippen MR) is 101 cm³/mol. The number of fused-ring (bicyclic) bond motifs is 1. The van der Waals surface area contributed by atoms with Crippen LogP contribution in [0.25, 0.3) is 10.9 Å². The average molecular weight is 474 g/mol. The lowest BCUT2D eigenvalue weighted by molar-refractivity contribution is 0.477. The normalized spacial score (nSPS) is 11.8. The highest BCUT2D eigenvalue weighted by molar-refractivity contribution is 9.11. The SMILES string of the molecule is Cc1c2cc(Oc3c(Br)cccc3Br)ccc2nn1CS(C)(=O)=O. The summed E-state index contributed by atoms with van der Waals surface area (Å²) < 4.78 is 32.2. The Bertz CT molecular complexity index is 1010. The zero-order valence-electron chi connectivity index (χ0n) is 13.0. The minimum absolute atomic E-state index is 0.139. The molecule has 24 heavy (non-hydrogen) atoms. The fourth-order valence-electron chi connectivity index (χ4n) is 2.35. The minimum atomic E-state index is -3.16. The maximum Gasteiger partial charge on any atom is 0.167 e. The van der Waals surface area contributed by atoms with Gasteiger partial charge < -0.3 is 4.74 Å². The molecular weight excluding hydrogens is 460 g/mol. The van der Waals surface area contributed by atoms with Crippen molar-refractivity contribution in [1.82, 2.24) is 9.78 Å². The molecule has 0 aliphatic rings. The molecule has 0 amide bonds. The molecule has 0 spiro atoms. The van der Waals surface area contributed by atoms with Crippen molar-refractivity contribution in [3.05, 3.63) is 51.0 Å². The van der Waals surface area contributed by atoms with Gasteiger partial charge in [-0.1, -0.05) is 6.07 Å². The van der Waals surface area contributed by atoms with Gasteiger partial charge in [0.2, 0.25) is 0 Å². The van der Waals surface area contributed by atoms with Crippen LogP contribution < -0.4 is 4.74 Å². The van der Waals surface area contributed by atoms with E-state index >= 15 is 0 Å². The summed E-state index contributed by atoms with van der Waals surface area (Å²) in [6.45, 7) is 1.85. The third kappa shape index (κ3) is 3.65. The average Bonchev–Trinajstić information content (AvgIpc) is 2.78. The van der Waals surface area contributed by atoms with Crippen molar-refractivity contribution in [3.8, 4) is 11.5 Å². The zero-order valence-corrected chi connectivity index (χ0v) is 16.9. The lowest BCUT2D eigenvalue weighted by atomic mass is 10.2. The number of hydrogen-bond acceptors (Lipinski definition) is 4. The highest BCUT2D eigenvalue weighted by Crippen LogP contribution is 2.37. The fourth-order valence-corrected chi connectivity index (χ4v) is 4.20. The summed E-state index contributed by atoms with van der Waals surface area (Å²) in [6.07, 6.45) is 1.19. The van der Waals surface area contributed by atoms with Crippen molar-refractivity contribution >= 4 is 52.6 Å². The Morgan fingerprint density at radius 2 is 1.83 bits per heavy atom. The molecule has 0 N–H and O–H groups in total. The van der Waals surface area contributed by atoms with Crippen LogP contribution in [0.2, 0.25) is 0 Å². The third-order valence-electron chi connectivity index (χ3n) is 3.47. The monoisotopic (exact) mass is 472 g/mol. The molecule has 0 atom stereocenters. The molecular formula is C16H14Br2N2O3S. The number of ether oxygens (including phenoxy) is 1. The number of hydrogen-bond donors (Lipinski definition) is 0. The molecule has 0 saturated carbocycles. The second-order valence-electron chi connectivity index (χ2n) is 5.47. The molecule has 0 bridgehead atoms. The van der Waals surface area contributed by atoms with Gasteiger partial charge in [0.25, 0.3) is 0 Å².